The lowest BCUT2D eigenvalue weighted by molar-refractivity contribution is 0.102. The molecular weight excluding hydrogens is 328 g/mol. The fourth-order valence-electron chi connectivity index (χ4n) is 2.93. The van der Waals surface area contributed by atoms with Crippen molar-refractivity contribution in [3.63, 3.8) is 0 Å². The van der Waals surface area contributed by atoms with Crippen molar-refractivity contribution < 1.29 is 14.7 Å². The first-order valence-corrected chi connectivity index (χ1v) is 8.05. The Labute approximate surface area is 144 Å². The first-order chi connectivity index (χ1) is 11.5. The largest absolute Gasteiger partial charge is 0.465 e. The monoisotopic (exact) mass is 344 g/mol. The molecule has 1 aliphatic rings. The van der Waals surface area contributed by atoms with E-state index in [1.165, 1.54) is 0 Å². The van der Waals surface area contributed by atoms with E-state index in [2.05, 4.69) is 10.6 Å². The number of carbonyl (C=O) groups is 2. The second kappa shape index (κ2) is 6.53. The molecule has 0 spiro atoms. The van der Waals surface area contributed by atoms with E-state index < -0.39 is 11.6 Å². The normalized spacial score (nSPS) is 15.2. The predicted molar refractivity (Wildman–Crippen MR) is 92.5 cm³/mol. The van der Waals surface area contributed by atoms with E-state index in [1.54, 1.807) is 36.4 Å². The Balaban J connectivity index is 1.73. The number of hydrogen-bond donors (Lipinski definition) is 3. The zero-order valence-electron chi connectivity index (χ0n) is 12.9. The maximum absolute atomic E-state index is 12.2. The van der Waals surface area contributed by atoms with Gasteiger partial charge >= 0.3 is 6.09 Å². The summed E-state index contributed by atoms with van der Waals surface area (Å²) < 4.78 is 0. The minimum Gasteiger partial charge on any atom is -0.465 e. The SMILES string of the molecule is O=C(O)NC1(c2ccc(NC(=O)c3cccc(Cl)c3)cc2)CCC1. The van der Waals surface area contributed by atoms with Gasteiger partial charge < -0.3 is 15.7 Å². The molecule has 1 fully saturated rings. The third-order valence-electron chi connectivity index (χ3n) is 4.34. The van der Waals surface area contributed by atoms with Crippen LogP contribution in [0.5, 0.6) is 0 Å². The van der Waals surface area contributed by atoms with Crippen LogP contribution < -0.4 is 10.6 Å². The van der Waals surface area contributed by atoms with Crippen molar-refractivity contribution in [3.8, 4) is 0 Å². The van der Waals surface area contributed by atoms with Crippen LogP contribution in [-0.2, 0) is 5.54 Å². The molecule has 1 saturated carbocycles. The number of amides is 2. The Morgan fingerprint density at radius 1 is 1.08 bits per heavy atom. The average molecular weight is 345 g/mol. The van der Waals surface area contributed by atoms with Gasteiger partial charge in [-0.15, -0.1) is 0 Å². The zero-order chi connectivity index (χ0) is 17.2. The smallest absolute Gasteiger partial charge is 0.405 e. The zero-order valence-corrected chi connectivity index (χ0v) is 13.6. The molecule has 3 N–H and O–H groups in total. The lowest BCUT2D eigenvalue weighted by Gasteiger charge is -2.42. The third-order valence-corrected chi connectivity index (χ3v) is 4.57. The van der Waals surface area contributed by atoms with Crippen LogP contribution >= 0.6 is 11.6 Å². The fraction of sp³-hybridized carbons (Fsp3) is 0.222. The van der Waals surface area contributed by atoms with Crippen LogP contribution in [0.4, 0.5) is 10.5 Å². The summed E-state index contributed by atoms with van der Waals surface area (Å²) in [6, 6.07) is 14.0. The van der Waals surface area contributed by atoms with Gasteiger partial charge in [0.05, 0.1) is 5.54 Å². The fourth-order valence-corrected chi connectivity index (χ4v) is 3.12. The Bertz CT molecular complexity index is 770. The standard InChI is InChI=1S/C18H17ClN2O3/c19-14-4-1-3-12(11-14)16(22)20-15-7-5-13(6-8-15)18(9-2-10-18)21-17(23)24/h1,3-8,11,21H,2,9-10H2,(H,20,22)(H,23,24). The van der Waals surface area contributed by atoms with Gasteiger partial charge in [0.25, 0.3) is 5.91 Å². The average Bonchev–Trinajstić information content (AvgIpc) is 2.51. The summed E-state index contributed by atoms with van der Waals surface area (Å²) in [5.74, 6) is -0.243. The molecule has 0 saturated heterocycles. The highest BCUT2D eigenvalue weighted by atomic mass is 35.5. The molecule has 124 valence electrons. The summed E-state index contributed by atoms with van der Waals surface area (Å²) in [6.07, 6.45) is 1.54. The molecule has 0 bridgehead atoms. The Morgan fingerprint density at radius 3 is 2.33 bits per heavy atom. The lowest BCUT2D eigenvalue weighted by atomic mass is 9.72. The maximum Gasteiger partial charge on any atom is 0.405 e. The van der Waals surface area contributed by atoms with Gasteiger partial charge in [0, 0.05) is 16.3 Å². The van der Waals surface area contributed by atoms with Crippen LogP contribution in [0.15, 0.2) is 48.5 Å². The molecule has 0 aliphatic heterocycles. The number of hydrogen-bond acceptors (Lipinski definition) is 2. The molecule has 0 aromatic heterocycles. The number of carbonyl (C=O) groups excluding carboxylic acids is 1. The summed E-state index contributed by atoms with van der Waals surface area (Å²) in [6.45, 7) is 0. The molecule has 0 unspecified atom stereocenters. The van der Waals surface area contributed by atoms with Crippen LogP contribution in [0, 0.1) is 0 Å². The summed E-state index contributed by atoms with van der Waals surface area (Å²) in [5, 5.41) is 14.9. The van der Waals surface area contributed by atoms with Crippen molar-refractivity contribution in [2.75, 3.05) is 5.32 Å². The Hall–Kier alpha value is -2.53. The third kappa shape index (κ3) is 3.36. The number of benzene rings is 2. The van der Waals surface area contributed by atoms with E-state index in [0.29, 0.717) is 16.3 Å². The molecule has 0 radical (unpaired) electrons. The Morgan fingerprint density at radius 2 is 1.79 bits per heavy atom. The minimum absolute atomic E-state index is 0.243. The molecule has 24 heavy (non-hydrogen) atoms. The van der Waals surface area contributed by atoms with Gasteiger partial charge in [-0.2, -0.15) is 0 Å². The summed E-state index contributed by atoms with van der Waals surface area (Å²) in [5.41, 5.74) is 1.54. The van der Waals surface area contributed by atoms with Gasteiger partial charge in [-0.05, 0) is 55.2 Å². The highest BCUT2D eigenvalue weighted by Gasteiger charge is 2.40. The molecule has 6 heteroatoms. The van der Waals surface area contributed by atoms with E-state index in [9.17, 15) is 9.59 Å². The van der Waals surface area contributed by atoms with Gasteiger partial charge in [-0.1, -0.05) is 29.8 Å². The highest BCUT2D eigenvalue weighted by molar-refractivity contribution is 6.31. The van der Waals surface area contributed by atoms with Gasteiger partial charge in [0.15, 0.2) is 0 Å². The van der Waals surface area contributed by atoms with Crippen molar-refractivity contribution >= 4 is 29.3 Å². The van der Waals surface area contributed by atoms with E-state index in [-0.39, 0.29) is 5.91 Å². The molecule has 0 heterocycles. The quantitative estimate of drug-likeness (QED) is 0.776. The topological polar surface area (TPSA) is 78.4 Å². The van der Waals surface area contributed by atoms with Crippen LogP contribution in [0.1, 0.15) is 35.2 Å². The van der Waals surface area contributed by atoms with Crippen molar-refractivity contribution in [1.29, 1.82) is 0 Å². The van der Waals surface area contributed by atoms with Crippen LogP contribution in [0.2, 0.25) is 5.02 Å². The molecule has 2 aromatic carbocycles. The Kier molecular flexibility index (Phi) is 4.44. The second-order valence-electron chi connectivity index (χ2n) is 5.91. The number of anilines is 1. The lowest BCUT2D eigenvalue weighted by Crippen LogP contribution is -2.50. The van der Waals surface area contributed by atoms with Crippen molar-refractivity contribution in [1.82, 2.24) is 5.32 Å². The molecule has 0 atom stereocenters. The molecule has 2 amide bonds. The maximum atomic E-state index is 12.2. The number of carboxylic acid groups (broad SMARTS) is 1. The van der Waals surface area contributed by atoms with Gasteiger partial charge in [0.1, 0.15) is 0 Å². The second-order valence-corrected chi connectivity index (χ2v) is 6.34. The number of nitrogens with one attached hydrogen (secondary N) is 2. The summed E-state index contributed by atoms with van der Waals surface area (Å²) >= 11 is 5.89. The van der Waals surface area contributed by atoms with Crippen LogP contribution in [0.3, 0.4) is 0 Å². The van der Waals surface area contributed by atoms with E-state index in [1.807, 2.05) is 12.1 Å². The molecule has 1 aliphatic carbocycles. The van der Waals surface area contributed by atoms with Gasteiger partial charge in [-0.3, -0.25) is 4.79 Å². The minimum atomic E-state index is -1.02. The molecule has 2 aromatic rings. The molecule has 3 rings (SSSR count). The highest BCUT2D eigenvalue weighted by Crippen LogP contribution is 2.41. The van der Waals surface area contributed by atoms with Crippen LogP contribution in [-0.4, -0.2) is 17.1 Å². The summed E-state index contributed by atoms with van der Waals surface area (Å²) in [7, 11) is 0. The summed E-state index contributed by atoms with van der Waals surface area (Å²) in [4.78, 5) is 23.2. The van der Waals surface area contributed by atoms with E-state index >= 15 is 0 Å². The van der Waals surface area contributed by atoms with E-state index in [0.717, 1.165) is 24.8 Å². The number of rotatable bonds is 4. The van der Waals surface area contributed by atoms with Crippen molar-refractivity contribution in [2.24, 2.45) is 0 Å². The molecule has 5 nitrogen and oxygen atoms in total. The predicted octanol–water partition coefficient (Wildman–Crippen LogP) is 4.24. The van der Waals surface area contributed by atoms with Gasteiger partial charge in [0.2, 0.25) is 0 Å². The van der Waals surface area contributed by atoms with Crippen LogP contribution in [0.25, 0.3) is 0 Å². The van der Waals surface area contributed by atoms with Gasteiger partial charge in [-0.25, -0.2) is 4.79 Å². The van der Waals surface area contributed by atoms with E-state index in [4.69, 9.17) is 16.7 Å². The first-order valence-electron chi connectivity index (χ1n) is 7.67. The molecular formula is C18H17ClN2O3. The first kappa shape index (κ1) is 16.3. The number of halogens is 1. The van der Waals surface area contributed by atoms with Crippen molar-refractivity contribution in [2.45, 2.75) is 24.8 Å². The van der Waals surface area contributed by atoms with Crippen molar-refractivity contribution in [3.05, 3.63) is 64.7 Å².